The fraction of sp³-hybridized carbons (Fsp3) is 0.647. The molecule has 110 valence electrons. The van der Waals surface area contributed by atoms with Crippen molar-refractivity contribution < 1.29 is 4.74 Å². The minimum atomic E-state index is 0.448. The molecule has 0 aromatic heterocycles. The van der Waals surface area contributed by atoms with Crippen LogP contribution in [0.3, 0.4) is 0 Å². The van der Waals surface area contributed by atoms with Gasteiger partial charge in [-0.3, -0.25) is 4.90 Å². The highest BCUT2D eigenvalue weighted by atomic mass is 16.5. The van der Waals surface area contributed by atoms with Crippen LogP contribution in [0.25, 0.3) is 0 Å². The van der Waals surface area contributed by atoms with Crippen molar-refractivity contribution in [1.29, 1.82) is 0 Å². The molecule has 2 aliphatic rings. The predicted octanol–water partition coefficient (Wildman–Crippen LogP) is 2.96. The van der Waals surface area contributed by atoms with Crippen molar-refractivity contribution in [2.45, 2.75) is 51.2 Å². The zero-order valence-electron chi connectivity index (χ0n) is 12.6. The first-order chi connectivity index (χ1) is 9.72. The first-order valence-electron chi connectivity index (χ1n) is 7.91. The van der Waals surface area contributed by atoms with Crippen LogP contribution in [-0.2, 0) is 0 Å². The van der Waals surface area contributed by atoms with E-state index in [2.05, 4.69) is 43.0 Å². The fourth-order valence-electron chi connectivity index (χ4n) is 3.98. The summed E-state index contributed by atoms with van der Waals surface area (Å²) < 4.78 is 5.90. The summed E-state index contributed by atoms with van der Waals surface area (Å²) >= 11 is 0. The summed E-state index contributed by atoms with van der Waals surface area (Å²) in [6, 6.07) is 10.1. The van der Waals surface area contributed by atoms with Crippen LogP contribution in [0, 0.1) is 5.92 Å². The van der Waals surface area contributed by atoms with Gasteiger partial charge in [-0.25, -0.2) is 0 Å². The van der Waals surface area contributed by atoms with Crippen LogP contribution < -0.4 is 10.5 Å². The number of fused-ring (bicyclic) bond motifs is 1. The Morgan fingerprint density at radius 3 is 2.85 bits per heavy atom. The normalized spacial score (nSPS) is 34.4. The fourth-order valence-corrected chi connectivity index (χ4v) is 3.98. The van der Waals surface area contributed by atoms with Gasteiger partial charge in [-0.1, -0.05) is 31.5 Å². The van der Waals surface area contributed by atoms with Gasteiger partial charge in [0.05, 0.1) is 6.61 Å². The second-order valence-corrected chi connectivity index (χ2v) is 6.39. The number of rotatable bonds is 2. The highest BCUT2D eigenvalue weighted by Gasteiger charge is 2.39. The molecule has 4 atom stereocenters. The van der Waals surface area contributed by atoms with Gasteiger partial charge in [-0.15, -0.1) is 0 Å². The topological polar surface area (TPSA) is 38.5 Å². The van der Waals surface area contributed by atoms with Gasteiger partial charge in [0.2, 0.25) is 0 Å². The molecule has 3 heteroatoms. The monoisotopic (exact) mass is 274 g/mol. The third kappa shape index (κ3) is 2.33. The lowest BCUT2D eigenvalue weighted by molar-refractivity contribution is 0.00242. The average Bonchev–Trinajstić information content (AvgIpc) is 2.48. The van der Waals surface area contributed by atoms with Gasteiger partial charge >= 0.3 is 0 Å². The van der Waals surface area contributed by atoms with Gasteiger partial charge in [0.1, 0.15) is 5.75 Å². The number of nitrogens with two attached hydrogens (primary N) is 1. The van der Waals surface area contributed by atoms with Crippen molar-refractivity contribution in [3.8, 4) is 5.75 Å². The second-order valence-electron chi connectivity index (χ2n) is 6.39. The Morgan fingerprint density at radius 2 is 2.05 bits per heavy atom. The average molecular weight is 274 g/mol. The number of hydrogen-bond acceptors (Lipinski definition) is 3. The predicted molar refractivity (Wildman–Crippen MR) is 81.8 cm³/mol. The molecular weight excluding hydrogens is 248 g/mol. The second kappa shape index (κ2) is 5.74. The van der Waals surface area contributed by atoms with E-state index in [0.717, 1.165) is 18.9 Å². The summed E-state index contributed by atoms with van der Waals surface area (Å²) in [6.45, 7) is 6.22. The highest BCUT2D eigenvalue weighted by molar-refractivity contribution is 5.38. The summed E-state index contributed by atoms with van der Waals surface area (Å²) in [5.41, 5.74) is 7.40. The standard InChI is InChI=1S/C17H26N2O/c1-12-11-20-16-9-4-3-8-15(16)17(12)19-13(2)6-5-7-14(19)10-18/h3-4,8-9,12-14,17H,5-7,10-11,18H2,1-2H3. The first kappa shape index (κ1) is 13.9. The summed E-state index contributed by atoms with van der Waals surface area (Å²) in [5, 5.41) is 0. The van der Waals surface area contributed by atoms with E-state index in [0.29, 0.717) is 24.0 Å². The summed E-state index contributed by atoms with van der Waals surface area (Å²) in [4.78, 5) is 2.68. The van der Waals surface area contributed by atoms with Crippen molar-refractivity contribution in [2.75, 3.05) is 13.2 Å². The lowest BCUT2D eigenvalue weighted by Crippen LogP contribution is -2.53. The summed E-state index contributed by atoms with van der Waals surface area (Å²) in [7, 11) is 0. The first-order valence-corrected chi connectivity index (χ1v) is 7.91. The van der Waals surface area contributed by atoms with E-state index in [1.165, 1.54) is 24.8 Å². The SMILES string of the molecule is CC1COc2ccccc2C1N1C(C)CCCC1CN. The van der Waals surface area contributed by atoms with Crippen molar-refractivity contribution in [1.82, 2.24) is 4.90 Å². The van der Waals surface area contributed by atoms with Crippen molar-refractivity contribution in [3.63, 3.8) is 0 Å². The molecule has 20 heavy (non-hydrogen) atoms. The smallest absolute Gasteiger partial charge is 0.124 e. The molecule has 0 saturated carbocycles. The lowest BCUT2D eigenvalue weighted by Gasteiger charge is -2.49. The molecule has 0 bridgehead atoms. The molecule has 2 N–H and O–H groups in total. The molecular formula is C17H26N2O. The number of likely N-dealkylation sites (tertiary alicyclic amines) is 1. The van der Waals surface area contributed by atoms with Gasteiger partial charge in [0.25, 0.3) is 0 Å². The van der Waals surface area contributed by atoms with Crippen LogP contribution in [-0.4, -0.2) is 30.1 Å². The molecule has 0 amide bonds. The molecule has 0 spiro atoms. The Balaban J connectivity index is 1.98. The van der Waals surface area contributed by atoms with Crippen LogP contribution in [0.5, 0.6) is 5.75 Å². The van der Waals surface area contributed by atoms with Crippen LogP contribution >= 0.6 is 0 Å². The summed E-state index contributed by atoms with van der Waals surface area (Å²) in [6.07, 6.45) is 3.81. The maximum absolute atomic E-state index is 6.06. The molecule has 4 unspecified atom stereocenters. The Hall–Kier alpha value is -1.06. The Morgan fingerprint density at radius 1 is 1.25 bits per heavy atom. The van der Waals surface area contributed by atoms with Crippen molar-refractivity contribution in [3.05, 3.63) is 29.8 Å². The van der Waals surface area contributed by atoms with E-state index in [9.17, 15) is 0 Å². The molecule has 0 aliphatic carbocycles. The number of para-hydroxylation sites is 1. The molecule has 3 nitrogen and oxygen atoms in total. The zero-order chi connectivity index (χ0) is 14.1. The number of piperidine rings is 1. The van der Waals surface area contributed by atoms with Gasteiger partial charge in [-0.05, 0) is 25.8 Å². The van der Waals surface area contributed by atoms with E-state index >= 15 is 0 Å². The van der Waals surface area contributed by atoms with E-state index in [-0.39, 0.29) is 0 Å². The van der Waals surface area contributed by atoms with Crippen LogP contribution in [0.2, 0.25) is 0 Å². The minimum absolute atomic E-state index is 0.448. The molecule has 0 radical (unpaired) electrons. The number of hydrogen-bond donors (Lipinski definition) is 1. The van der Waals surface area contributed by atoms with E-state index < -0.39 is 0 Å². The van der Waals surface area contributed by atoms with Gasteiger partial charge < -0.3 is 10.5 Å². The summed E-state index contributed by atoms with van der Waals surface area (Å²) in [5.74, 6) is 1.57. The molecule has 2 heterocycles. The molecule has 2 aliphatic heterocycles. The van der Waals surface area contributed by atoms with Crippen LogP contribution in [0.4, 0.5) is 0 Å². The zero-order valence-corrected chi connectivity index (χ0v) is 12.6. The molecule has 1 fully saturated rings. The molecule has 1 aromatic rings. The van der Waals surface area contributed by atoms with E-state index in [1.54, 1.807) is 0 Å². The third-order valence-electron chi connectivity index (χ3n) is 4.96. The van der Waals surface area contributed by atoms with Crippen LogP contribution in [0.15, 0.2) is 24.3 Å². The minimum Gasteiger partial charge on any atom is -0.493 e. The Kier molecular flexibility index (Phi) is 3.99. The maximum Gasteiger partial charge on any atom is 0.124 e. The van der Waals surface area contributed by atoms with Crippen molar-refractivity contribution in [2.24, 2.45) is 11.7 Å². The van der Waals surface area contributed by atoms with Crippen molar-refractivity contribution >= 4 is 0 Å². The van der Waals surface area contributed by atoms with Gasteiger partial charge in [0.15, 0.2) is 0 Å². The Bertz CT molecular complexity index is 462. The molecule has 1 saturated heterocycles. The van der Waals surface area contributed by atoms with E-state index in [1.807, 2.05) is 0 Å². The highest BCUT2D eigenvalue weighted by Crippen LogP contribution is 2.43. The molecule has 3 rings (SSSR count). The molecule has 1 aromatic carbocycles. The third-order valence-corrected chi connectivity index (χ3v) is 4.96. The van der Waals surface area contributed by atoms with E-state index in [4.69, 9.17) is 10.5 Å². The van der Waals surface area contributed by atoms with Crippen LogP contribution in [0.1, 0.15) is 44.7 Å². The quantitative estimate of drug-likeness (QED) is 0.901. The number of nitrogens with zero attached hydrogens (tertiary/aromatic N) is 1. The maximum atomic E-state index is 6.06. The lowest BCUT2D eigenvalue weighted by atomic mass is 9.85. The van der Waals surface area contributed by atoms with Gasteiger partial charge in [0, 0.05) is 36.2 Å². The number of benzene rings is 1. The largest absolute Gasteiger partial charge is 0.493 e. The Labute approximate surface area is 122 Å². The van der Waals surface area contributed by atoms with Gasteiger partial charge in [-0.2, -0.15) is 0 Å². The number of ether oxygens (including phenoxy) is 1.